The van der Waals surface area contributed by atoms with Gasteiger partial charge in [0.05, 0.1) is 6.26 Å². The first-order chi connectivity index (χ1) is 13.6. The summed E-state index contributed by atoms with van der Waals surface area (Å²) in [6.45, 7) is 0. The van der Waals surface area contributed by atoms with Crippen LogP contribution in [0.25, 0.3) is 6.08 Å². The van der Waals surface area contributed by atoms with Crippen molar-refractivity contribution in [3.05, 3.63) is 94.4 Å². The molecule has 1 heterocycles. The number of Topliss-reactive ketones (excluding diaryl/α,β-unsaturated/α-hetero) is 1. The van der Waals surface area contributed by atoms with Crippen molar-refractivity contribution in [3.8, 4) is 5.75 Å². The van der Waals surface area contributed by atoms with Gasteiger partial charge in [-0.25, -0.2) is 4.79 Å². The summed E-state index contributed by atoms with van der Waals surface area (Å²) in [4.78, 5) is 24.7. The van der Waals surface area contributed by atoms with Gasteiger partial charge >= 0.3 is 5.97 Å². The van der Waals surface area contributed by atoms with E-state index < -0.39 is 5.97 Å². The number of carbonyl (C=O) groups excluding carboxylic acids is 2. The second-order valence-corrected chi connectivity index (χ2v) is 6.53. The molecule has 28 heavy (non-hydrogen) atoms. The van der Waals surface area contributed by atoms with Crippen LogP contribution in [0.3, 0.4) is 0 Å². The maximum absolute atomic E-state index is 12.7. The summed E-state index contributed by atoms with van der Waals surface area (Å²) in [6, 6.07) is 16.7. The number of furan rings is 1. The molecule has 0 bridgehead atoms. The number of hydrogen-bond donors (Lipinski definition) is 1. The molecule has 0 spiro atoms. The van der Waals surface area contributed by atoms with Gasteiger partial charge in [-0.2, -0.15) is 5.10 Å². The van der Waals surface area contributed by atoms with E-state index in [2.05, 4.69) is 21.0 Å². The van der Waals surface area contributed by atoms with Crippen LogP contribution in [-0.4, -0.2) is 17.5 Å². The van der Waals surface area contributed by atoms with Gasteiger partial charge in [-0.05, 0) is 54.6 Å². The number of nitrogens with two attached hydrogens (primary N) is 1. The zero-order valence-corrected chi connectivity index (χ0v) is 16.1. The Morgan fingerprint density at radius 1 is 1.04 bits per heavy atom. The Labute approximate surface area is 169 Å². The van der Waals surface area contributed by atoms with Crippen molar-refractivity contribution < 1.29 is 18.7 Å². The minimum Gasteiger partial charge on any atom is -0.465 e. The lowest BCUT2D eigenvalue weighted by molar-refractivity contribution is -0.128. The third-order valence-corrected chi connectivity index (χ3v) is 4.23. The Morgan fingerprint density at radius 3 is 2.50 bits per heavy atom. The minimum atomic E-state index is -0.584. The van der Waals surface area contributed by atoms with Gasteiger partial charge in [-0.1, -0.05) is 28.1 Å². The highest BCUT2D eigenvalue weighted by atomic mass is 79.9. The Morgan fingerprint density at radius 2 is 1.82 bits per heavy atom. The van der Waals surface area contributed by atoms with E-state index in [-0.39, 0.29) is 17.2 Å². The summed E-state index contributed by atoms with van der Waals surface area (Å²) >= 11 is 3.33. The summed E-state index contributed by atoms with van der Waals surface area (Å²) < 4.78 is 11.2. The number of halogens is 1. The summed E-state index contributed by atoms with van der Waals surface area (Å²) in [6.07, 6.45) is 4.25. The lowest BCUT2D eigenvalue weighted by Gasteiger charge is -2.07. The first-order valence-electron chi connectivity index (χ1n) is 8.19. The van der Waals surface area contributed by atoms with E-state index in [0.717, 1.165) is 4.47 Å². The molecular formula is C21H15BrN2O4. The quantitative estimate of drug-likeness (QED) is 0.118. The summed E-state index contributed by atoms with van der Waals surface area (Å²) in [5.74, 6) is 5.32. The third-order valence-electron chi connectivity index (χ3n) is 3.70. The van der Waals surface area contributed by atoms with Gasteiger partial charge in [0.1, 0.15) is 17.2 Å². The predicted molar refractivity (Wildman–Crippen MR) is 109 cm³/mol. The van der Waals surface area contributed by atoms with Gasteiger partial charge in [-0.3, -0.25) is 4.79 Å². The number of ether oxygens (including phenoxy) is 1. The number of esters is 1. The monoisotopic (exact) mass is 438 g/mol. The number of carbonyl (C=O) groups is 2. The van der Waals surface area contributed by atoms with Crippen LogP contribution in [-0.2, 0) is 4.79 Å². The Bertz CT molecular complexity index is 1040. The van der Waals surface area contributed by atoms with Crippen molar-refractivity contribution in [1.82, 2.24) is 0 Å². The van der Waals surface area contributed by atoms with Gasteiger partial charge in [0.15, 0.2) is 0 Å². The van der Waals surface area contributed by atoms with Crippen LogP contribution < -0.4 is 10.6 Å². The first-order valence-corrected chi connectivity index (χ1v) is 8.98. The molecule has 0 amide bonds. The molecule has 2 aromatic carbocycles. The number of rotatable bonds is 6. The van der Waals surface area contributed by atoms with Crippen LogP contribution in [0, 0.1) is 0 Å². The Hall–Kier alpha value is -3.45. The van der Waals surface area contributed by atoms with Gasteiger partial charge in [0, 0.05) is 21.7 Å². The van der Waals surface area contributed by atoms with Gasteiger partial charge in [-0.15, -0.1) is 0 Å². The lowest BCUT2D eigenvalue weighted by Crippen LogP contribution is -2.18. The van der Waals surface area contributed by atoms with Crippen molar-refractivity contribution in [2.45, 2.75) is 0 Å². The molecule has 6 nitrogen and oxygen atoms in total. The summed E-state index contributed by atoms with van der Waals surface area (Å²) in [5, 5.41) is 3.64. The van der Waals surface area contributed by atoms with Crippen LogP contribution in [0.4, 0.5) is 0 Å². The molecule has 0 saturated heterocycles. The number of ketones is 1. The molecule has 0 aliphatic heterocycles. The van der Waals surface area contributed by atoms with Gasteiger partial charge in [0.25, 0.3) is 0 Å². The van der Waals surface area contributed by atoms with E-state index in [0.29, 0.717) is 16.9 Å². The van der Waals surface area contributed by atoms with Crippen molar-refractivity contribution in [2.24, 2.45) is 10.9 Å². The molecule has 0 radical (unpaired) electrons. The van der Waals surface area contributed by atoms with Crippen LogP contribution in [0.5, 0.6) is 5.75 Å². The molecule has 0 unspecified atom stereocenters. The molecule has 0 fully saturated rings. The second kappa shape index (κ2) is 8.96. The van der Waals surface area contributed by atoms with Gasteiger partial charge in [0.2, 0.25) is 5.78 Å². The molecule has 3 aromatic rings. The molecule has 0 atom stereocenters. The molecule has 0 aliphatic rings. The van der Waals surface area contributed by atoms with Crippen molar-refractivity contribution in [3.63, 3.8) is 0 Å². The highest BCUT2D eigenvalue weighted by Crippen LogP contribution is 2.18. The Kier molecular flexibility index (Phi) is 6.18. The van der Waals surface area contributed by atoms with Crippen molar-refractivity contribution in [1.29, 1.82) is 0 Å². The summed E-state index contributed by atoms with van der Waals surface area (Å²) in [5.41, 5.74) is 0.943. The number of hydrazone groups is 1. The minimum absolute atomic E-state index is 0.0614. The lowest BCUT2D eigenvalue weighted by atomic mass is 10.0. The first kappa shape index (κ1) is 19.3. The van der Waals surface area contributed by atoms with Crippen molar-refractivity contribution >= 4 is 39.5 Å². The van der Waals surface area contributed by atoms with Crippen LogP contribution in [0.1, 0.15) is 21.7 Å². The topological polar surface area (TPSA) is 94.9 Å². The van der Waals surface area contributed by atoms with E-state index in [1.54, 1.807) is 54.6 Å². The molecule has 0 saturated carbocycles. The average molecular weight is 439 g/mol. The molecule has 7 heteroatoms. The predicted octanol–water partition coefficient (Wildman–Crippen LogP) is 4.21. The Balaban J connectivity index is 1.76. The number of benzene rings is 2. The molecule has 3 rings (SSSR count). The summed E-state index contributed by atoms with van der Waals surface area (Å²) in [7, 11) is 0. The zero-order valence-electron chi connectivity index (χ0n) is 14.5. The van der Waals surface area contributed by atoms with E-state index in [4.69, 9.17) is 15.0 Å². The van der Waals surface area contributed by atoms with E-state index in [9.17, 15) is 9.59 Å². The average Bonchev–Trinajstić information content (AvgIpc) is 3.21. The van der Waals surface area contributed by atoms with Crippen LogP contribution >= 0.6 is 15.9 Å². The SMILES string of the molecule is N/N=C(/C(=O)c1ccc(Br)cc1)c1cccc(OC(=O)/C=C/c2ccco2)c1. The fraction of sp³-hybridized carbons (Fsp3) is 0. The fourth-order valence-corrected chi connectivity index (χ4v) is 2.66. The standard InChI is InChI=1S/C21H15BrN2O4/c22-16-8-6-14(7-9-16)21(26)20(24-23)15-3-1-4-18(13-15)28-19(25)11-10-17-5-2-12-27-17/h1-13H,23H2/b11-10+,24-20+. The smallest absolute Gasteiger partial charge is 0.336 e. The molecular weight excluding hydrogens is 424 g/mol. The largest absolute Gasteiger partial charge is 0.465 e. The fourth-order valence-electron chi connectivity index (χ4n) is 2.40. The highest BCUT2D eigenvalue weighted by Gasteiger charge is 2.17. The van der Waals surface area contributed by atoms with Crippen LogP contribution in [0.15, 0.2) is 87.0 Å². The second-order valence-electron chi connectivity index (χ2n) is 5.61. The van der Waals surface area contributed by atoms with Gasteiger partial charge < -0.3 is 15.0 Å². The van der Waals surface area contributed by atoms with E-state index >= 15 is 0 Å². The molecule has 1 aromatic heterocycles. The van der Waals surface area contributed by atoms with Crippen molar-refractivity contribution in [2.75, 3.05) is 0 Å². The molecule has 140 valence electrons. The number of nitrogens with zero attached hydrogens (tertiary/aromatic N) is 1. The van der Waals surface area contributed by atoms with E-state index in [1.807, 2.05) is 0 Å². The molecule has 2 N–H and O–H groups in total. The van der Waals surface area contributed by atoms with Crippen LogP contribution in [0.2, 0.25) is 0 Å². The number of hydrogen-bond acceptors (Lipinski definition) is 6. The maximum atomic E-state index is 12.7. The maximum Gasteiger partial charge on any atom is 0.336 e. The normalized spacial score (nSPS) is 11.5. The van der Waals surface area contributed by atoms with E-state index in [1.165, 1.54) is 24.5 Å². The zero-order chi connectivity index (χ0) is 19.9. The third kappa shape index (κ3) is 4.83. The highest BCUT2D eigenvalue weighted by molar-refractivity contribution is 9.10. The molecule has 0 aliphatic carbocycles.